The first-order valence-corrected chi connectivity index (χ1v) is 9.44. The number of nitrogens with zero attached hydrogens (tertiary/aromatic N) is 2. The lowest BCUT2D eigenvalue weighted by Gasteiger charge is -2.23. The van der Waals surface area contributed by atoms with E-state index in [1.54, 1.807) is 11.7 Å². The predicted octanol–water partition coefficient (Wildman–Crippen LogP) is 4.46. The van der Waals surface area contributed by atoms with Crippen LogP contribution in [0.25, 0.3) is 10.9 Å². The lowest BCUT2D eigenvalue weighted by molar-refractivity contribution is 0.0544. The number of fused-ring (bicyclic) bond motifs is 1. The summed E-state index contributed by atoms with van der Waals surface area (Å²) in [5.41, 5.74) is 1.48. The first-order valence-electron chi connectivity index (χ1n) is 9.44. The van der Waals surface area contributed by atoms with Crippen molar-refractivity contribution in [1.82, 2.24) is 9.47 Å². The molecule has 142 valence electrons. The zero-order valence-electron chi connectivity index (χ0n) is 16.5. The van der Waals surface area contributed by atoms with E-state index >= 15 is 0 Å². The van der Waals surface area contributed by atoms with Gasteiger partial charge in [-0.1, -0.05) is 0 Å². The minimum absolute atomic E-state index is 0.351. The predicted molar refractivity (Wildman–Crippen MR) is 104 cm³/mol. The molecule has 5 heteroatoms. The molecule has 0 saturated carbocycles. The molecule has 0 spiro atoms. The van der Waals surface area contributed by atoms with Crippen LogP contribution >= 0.6 is 0 Å². The molecule has 2 aromatic rings. The van der Waals surface area contributed by atoms with E-state index in [-0.39, 0.29) is 6.09 Å². The summed E-state index contributed by atoms with van der Waals surface area (Å²) >= 11 is 0. The first-order chi connectivity index (χ1) is 12.3. The zero-order valence-corrected chi connectivity index (χ0v) is 16.5. The molecular formula is C21H30N2O3. The summed E-state index contributed by atoms with van der Waals surface area (Å²) in [6, 6.07) is 6.35. The van der Waals surface area contributed by atoms with Crippen molar-refractivity contribution in [3.8, 4) is 5.75 Å². The summed E-state index contributed by atoms with van der Waals surface area (Å²) in [7, 11) is 1.64. The maximum absolute atomic E-state index is 12.7. The second-order valence-corrected chi connectivity index (χ2v) is 8.18. The molecule has 26 heavy (non-hydrogen) atoms. The molecule has 1 aliphatic heterocycles. The number of aromatic nitrogens is 1. The summed E-state index contributed by atoms with van der Waals surface area (Å²) in [5.74, 6) is 0.736. The van der Waals surface area contributed by atoms with Crippen LogP contribution in [0.1, 0.15) is 46.1 Å². The molecule has 0 aliphatic carbocycles. The Kier molecular flexibility index (Phi) is 5.28. The van der Waals surface area contributed by atoms with Crippen molar-refractivity contribution in [2.75, 3.05) is 20.2 Å². The molecule has 2 heterocycles. The molecule has 1 aliphatic rings. The van der Waals surface area contributed by atoms with E-state index in [1.165, 1.54) is 31.5 Å². The van der Waals surface area contributed by atoms with Crippen molar-refractivity contribution >= 4 is 17.0 Å². The molecule has 3 rings (SSSR count). The lowest BCUT2D eigenvalue weighted by atomic mass is 10.1. The van der Waals surface area contributed by atoms with E-state index in [0.29, 0.717) is 6.04 Å². The Labute approximate surface area is 155 Å². The molecule has 1 aromatic heterocycles. The van der Waals surface area contributed by atoms with Crippen LogP contribution in [0.4, 0.5) is 4.79 Å². The number of hydrogen-bond donors (Lipinski definition) is 0. The lowest BCUT2D eigenvalue weighted by Crippen LogP contribution is -2.31. The summed E-state index contributed by atoms with van der Waals surface area (Å²) < 4.78 is 12.6. The van der Waals surface area contributed by atoms with Crippen LogP contribution in [0.3, 0.4) is 0 Å². The third-order valence-electron chi connectivity index (χ3n) is 4.96. The van der Waals surface area contributed by atoms with Gasteiger partial charge in [-0.2, -0.15) is 0 Å². The Morgan fingerprint density at radius 1 is 1.23 bits per heavy atom. The third-order valence-corrected chi connectivity index (χ3v) is 4.96. The van der Waals surface area contributed by atoms with Crippen molar-refractivity contribution in [3.05, 3.63) is 30.0 Å². The average Bonchev–Trinajstić information content (AvgIpc) is 3.21. The second kappa shape index (κ2) is 7.31. The number of methoxy groups -OCH3 is 1. The minimum atomic E-state index is -0.532. The number of carbonyl (C=O) groups is 1. The number of likely N-dealkylation sites (tertiary alicyclic amines) is 1. The van der Waals surface area contributed by atoms with E-state index in [9.17, 15) is 4.79 Å². The van der Waals surface area contributed by atoms with Crippen LogP contribution in [0, 0.1) is 0 Å². The molecule has 0 N–H and O–H groups in total. The highest BCUT2D eigenvalue weighted by Crippen LogP contribution is 2.28. The average molecular weight is 358 g/mol. The normalized spacial score (nSPS) is 16.8. The van der Waals surface area contributed by atoms with Gasteiger partial charge < -0.3 is 14.4 Å². The van der Waals surface area contributed by atoms with Gasteiger partial charge in [0, 0.05) is 23.7 Å². The number of carbonyl (C=O) groups excluding carboxylic acids is 1. The van der Waals surface area contributed by atoms with Crippen LogP contribution in [-0.4, -0.2) is 47.4 Å². The molecule has 0 bridgehead atoms. The van der Waals surface area contributed by atoms with Crippen LogP contribution in [0.5, 0.6) is 5.75 Å². The molecule has 1 saturated heterocycles. The van der Waals surface area contributed by atoms with Gasteiger partial charge >= 0.3 is 6.09 Å². The van der Waals surface area contributed by atoms with Crippen molar-refractivity contribution in [3.63, 3.8) is 0 Å². The Bertz CT molecular complexity index is 782. The van der Waals surface area contributed by atoms with E-state index < -0.39 is 5.60 Å². The molecule has 1 aromatic carbocycles. The van der Waals surface area contributed by atoms with Crippen molar-refractivity contribution in [2.24, 2.45) is 0 Å². The van der Waals surface area contributed by atoms with E-state index in [1.807, 2.05) is 45.2 Å². The zero-order chi connectivity index (χ0) is 18.9. The van der Waals surface area contributed by atoms with Gasteiger partial charge in [0.2, 0.25) is 0 Å². The fourth-order valence-electron chi connectivity index (χ4n) is 3.66. The van der Waals surface area contributed by atoms with Crippen molar-refractivity contribution in [1.29, 1.82) is 0 Å². The molecule has 5 nitrogen and oxygen atoms in total. The van der Waals surface area contributed by atoms with E-state index in [0.717, 1.165) is 23.1 Å². The Morgan fingerprint density at radius 2 is 1.92 bits per heavy atom. The molecule has 1 fully saturated rings. The Morgan fingerprint density at radius 3 is 2.54 bits per heavy atom. The van der Waals surface area contributed by atoms with Crippen molar-refractivity contribution < 1.29 is 14.3 Å². The maximum atomic E-state index is 12.7. The van der Waals surface area contributed by atoms with Crippen LogP contribution < -0.4 is 4.74 Å². The van der Waals surface area contributed by atoms with Crippen LogP contribution in [0.15, 0.2) is 24.4 Å². The molecule has 0 amide bonds. The Hall–Kier alpha value is -2.01. The van der Waals surface area contributed by atoms with Crippen LogP contribution in [0.2, 0.25) is 0 Å². The Balaban J connectivity index is 1.96. The highest BCUT2D eigenvalue weighted by Gasteiger charge is 2.23. The number of benzene rings is 1. The van der Waals surface area contributed by atoms with E-state index in [2.05, 4.69) is 11.8 Å². The summed E-state index contributed by atoms with van der Waals surface area (Å²) in [6.45, 7) is 10.2. The molecule has 0 unspecified atom stereocenters. The minimum Gasteiger partial charge on any atom is -0.497 e. The monoisotopic (exact) mass is 358 g/mol. The second-order valence-electron chi connectivity index (χ2n) is 8.18. The van der Waals surface area contributed by atoms with Gasteiger partial charge in [-0.25, -0.2) is 4.79 Å². The third kappa shape index (κ3) is 4.04. The number of rotatable bonds is 4. The van der Waals surface area contributed by atoms with Crippen molar-refractivity contribution in [2.45, 2.75) is 58.6 Å². The fourth-order valence-corrected chi connectivity index (χ4v) is 3.66. The summed E-state index contributed by atoms with van der Waals surface area (Å²) in [4.78, 5) is 15.2. The summed E-state index contributed by atoms with van der Waals surface area (Å²) in [5, 5.41) is 1.09. The highest BCUT2D eigenvalue weighted by atomic mass is 16.6. The standard InChI is InChI=1S/C21H30N2O3/c1-15(22-10-6-7-11-22)12-16-14-23(20(24)26-21(2,3)4)19-13-17(25-5)8-9-18(16)19/h8-9,13-15H,6-7,10-12H2,1-5H3/t15-/m1/s1. The highest BCUT2D eigenvalue weighted by molar-refractivity contribution is 5.93. The number of ether oxygens (including phenoxy) is 2. The molecular weight excluding hydrogens is 328 g/mol. The van der Waals surface area contributed by atoms with E-state index in [4.69, 9.17) is 9.47 Å². The summed E-state index contributed by atoms with van der Waals surface area (Å²) in [6.07, 6.45) is 5.06. The smallest absolute Gasteiger partial charge is 0.419 e. The van der Waals surface area contributed by atoms with Gasteiger partial charge in [-0.3, -0.25) is 4.57 Å². The van der Waals surface area contributed by atoms with Gasteiger partial charge in [0.05, 0.1) is 12.6 Å². The van der Waals surface area contributed by atoms with Gasteiger partial charge in [-0.15, -0.1) is 0 Å². The maximum Gasteiger partial charge on any atom is 0.419 e. The van der Waals surface area contributed by atoms with Gasteiger partial charge in [0.1, 0.15) is 11.4 Å². The number of hydrogen-bond acceptors (Lipinski definition) is 4. The van der Waals surface area contributed by atoms with Crippen LogP contribution in [-0.2, 0) is 11.2 Å². The largest absolute Gasteiger partial charge is 0.497 e. The molecule has 1 atom stereocenters. The first kappa shape index (κ1) is 18.8. The topological polar surface area (TPSA) is 43.7 Å². The fraction of sp³-hybridized carbons (Fsp3) is 0.571. The van der Waals surface area contributed by atoms with Gasteiger partial charge in [-0.05, 0) is 77.7 Å². The quantitative estimate of drug-likeness (QED) is 0.809. The van der Waals surface area contributed by atoms with Gasteiger partial charge in [0.25, 0.3) is 0 Å². The SMILES string of the molecule is COc1ccc2c(C[C@@H](C)N3CCCC3)cn(C(=O)OC(C)(C)C)c2c1. The van der Waals surface area contributed by atoms with Gasteiger partial charge in [0.15, 0.2) is 0 Å². The molecule has 0 radical (unpaired) electrons.